The lowest BCUT2D eigenvalue weighted by Gasteiger charge is -2.29. The molecule has 3 amide bonds. The number of amides is 3. The monoisotopic (exact) mass is 322 g/mol. The van der Waals surface area contributed by atoms with Gasteiger partial charge in [-0.05, 0) is 30.2 Å². The van der Waals surface area contributed by atoms with Crippen molar-refractivity contribution in [3.8, 4) is 11.3 Å². The Kier molecular flexibility index (Phi) is 3.34. The van der Waals surface area contributed by atoms with Crippen molar-refractivity contribution in [1.82, 2.24) is 20.2 Å². The minimum Gasteiger partial charge on any atom is -0.322 e. The van der Waals surface area contributed by atoms with Crippen LogP contribution in [0.1, 0.15) is 28.8 Å². The highest BCUT2D eigenvalue weighted by Gasteiger charge is 2.39. The fourth-order valence-electron chi connectivity index (χ4n) is 3.20. The Bertz CT molecular complexity index is 850. The van der Waals surface area contributed by atoms with Crippen molar-refractivity contribution in [2.75, 3.05) is 0 Å². The van der Waals surface area contributed by atoms with Gasteiger partial charge in [0.25, 0.3) is 5.91 Å². The lowest BCUT2D eigenvalue weighted by molar-refractivity contribution is -0.136. The Hall–Kier alpha value is -3.09. The molecular formula is C17H14N4O3. The molecule has 2 aliphatic heterocycles. The zero-order chi connectivity index (χ0) is 16.7. The van der Waals surface area contributed by atoms with Crippen molar-refractivity contribution < 1.29 is 14.4 Å². The van der Waals surface area contributed by atoms with Crippen molar-refractivity contribution in [2.24, 2.45) is 0 Å². The largest absolute Gasteiger partial charge is 0.322 e. The average Bonchev–Trinajstić information content (AvgIpc) is 2.92. The highest BCUT2D eigenvalue weighted by Crippen LogP contribution is 2.30. The van der Waals surface area contributed by atoms with Crippen molar-refractivity contribution in [2.45, 2.75) is 25.4 Å². The molecule has 1 saturated heterocycles. The first-order valence-electron chi connectivity index (χ1n) is 7.67. The van der Waals surface area contributed by atoms with Gasteiger partial charge < -0.3 is 4.90 Å². The standard InChI is InChI=1S/C17H14N4O3/c22-15-4-3-14(16(23)20-15)21-8-11-7-10(1-2-12(11)17(21)24)13-5-6-18-9-19-13/h1-2,5-7,9,14H,3-4,8H2,(H,20,22,23). The third-order valence-electron chi connectivity index (χ3n) is 4.40. The van der Waals surface area contributed by atoms with Crippen molar-refractivity contribution in [3.05, 3.63) is 47.9 Å². The average molecular weight is 322 g/mol. The first-order chi connectivity index (χ1) is 11.6. The van der Waals surface area contributed by atoms with Gasteiger partial charge in [0.15, 0.2) is 0 Å². The number of nitrogens with one attached hydrogen (secondary N) is 1. The van der Waals surface area contributed by atoms with Gasteiger partial charge in [0.05, 0.1) is 5.69 Å². The van der Waals surface area contributed by atoms with Crippen LogP contribution in [0.5, 0.6) is 0 Å². The molecule has 1 N–H and O–H groups in total. The second-order valence-electron chi connectivity index (χ2n) is 5.87. The van der Waals surface area contributed by atoms with E-state index >= 15 is 0 Å². The van der Waals surface area contributed by atoms with E-state index in [4.69, 9.17) is 0 Å². The molecule has 120 valence electrons. The first kappa shape index (κ1) is 14.5. The lowest BCUT2D eigenvalue weighted by Crippen LogP contribution is -2.52. The Morgan fingerprint density at radius 2 is 2.04 bits per heavy atom. The van der Waals surface area contributed by atoms with Crippen LogP contribution in [0.3, 0.4) is 0 Å². The fourth-order valence-corrected chi connectivity index (χ4v) is 3.20. The minimum absolute atomic E-state index is 0.172. The van der Waals surface area contributed by atoms with Crippen LogP contribution in [-0.2, 0) is 16.1 Å². The van der Waals surface area contributed by atoms with Gasteiger partial charge in [-0.1, -0.05) is 6.07 Å². The molecule has 1 atom stereocenters. The highest BCUT2D eigenvalue weighted by atomic mass is 16.2. The molecule has 3 heterocycles. The number of hydrogen-bond acceptors (Lipinski definition) is 5. The number of aromatic nitrogens is 2. The molecule has 2 aliphatic rings. The maximum atomic E-state index is 12.6. The summed E-state index contributed by atoms with van der Waals surface area (Å²) in [5, 5.41) is 2.30. The van der Waals surface area contributed by atoms with Crippen LogP contribution < -0.4 is 5.32 Å². The number of rotatable bonds is 2. The van der Waals surface area contributed by atoms with Gasteiger partial charge in [-0.3, -0.25) is 19.7 Å². The zero-order valence-corrected chi connectivity index (χ0v) is 12.7. The minimum atomic E-state index is -0.592. The molecular weight excluding hydrogens is 308 g/mol. The summed E-state index contributed by atoms with van der Waals surface area (Å²) in [5.74, 6) is -0.858. The third kappa shape index (κ3) is 2.34. The predicted octanol–water partition coefficient (Wildman–Crippen LogP) is 0.905. The van der Waals surface area contributed by atoms with E-state index in [-0.39, 0.29) is 18.2 Å². The van der Waals surface area contributed by atoms with E-state index in [1.165, 1.54) is 11.2 Å². The van der Waals surface area contributed by atoms with E-state index in [9.17, 15) is 14.4 Å². The number of piperidine rings is 1. The molecule has 0 bridgehead atoms. The molecule has 1 aromatic carbocycles. The van der Waals surface area contributed by atoms with E-state index in [1.54, 1.807) is 18.3 Å². The maximum Gasteiger partial charge on any atom is 0.255 e. The Labute approximate surface area is 137 Å². The van der Waals surface area contributed by atoms with Gasteiger partial charge in [-0.15, -0.1) is 0 Å². The maximum absolute atomic E-state index is 12.6. The summed E-state index contributed by atoms with van der Waals surface area (Å²) in [7, 11) is 0. The van der Waals surface area contributed by atoms with Crippen molar-refractivity contribution in [3.63, 3.8) is 0 Å². The first-order valence-corrected chi connectivity index (χ1v) is 7.67. The number of carbonyl (C=O) groups excluding carboxylic acids is 3. The second kappa shape index (κ2) is 5.52. The van der Waals surface area contributed by atoms with E-state index in [0.717, 1.165) is 16.8 Å². The number of fused-ring (bicyclic) bond motifs is 1. The molecule has 0 radical (unpaired) electrons. The van der Waals surface area contributed by atoms with Crippen molar-refractivity contribution >= 4 is 17.7 Å². The van der Waals surface area contributed by atoms with E-state index in [1.807, 2.05) is 12.1 Å². The molecule has 1 aromatic heterocycles. The molecule has 2 aromatic rings. The molecule has 7 nitrogen and oxygen atoms in total. The summed E-state index contributed by atoms with van der Waals surface area (Å²) >= 11 is 0. The molecule has 4 rings (SSSR count). The topological polar surface area (TPSA) is 92.3 Å². The van der Waals surface area contributed by atoms with Gasteiger partial charge in [-0.25, -0.2) is 9.97 Å². The summed E-state index contributed by atoms with van der Waals surface area (Å²) in [5.41, 5.74) is 3.13. The van der Waals surface area contributed by atoms with Crippen molar-refractivity contribution in [1.29, 1.82) is 0 Å². The molecule has 0 spiro atoms. The van der Waals surface area contributed by atoms with E-state index < -0.39 is 11.9 Å². The number of imide groups is 1. The smallest absolute Gasteiger partial charge is 0.255 e. The normalized spacial score (nSPS) is 20.1. The molecule has 7 heteroatoms. The quantitative estimate of drug-likeness (QED) is 0.830. The number of carbonyl (C=O) groups is 3. The van der Waals surface area contributed by atoms with Gasteiger partial charge in [0.2, 0.25) is 11.8 Å². The summed E-state index contributed by atoms with van der Waals surface area (Å²) in [6, 6.07) is 6.73. The molecule has 1 unspecified atom stereocenters. The summed E-state index contributed by atoms with van der Waals surface area (Å²) in [4.78, 5) is 45.6. The predicted molar refractivity (Wildman–Crippen MR) is 83.5 cm³/mol. The number of hydrogen-bond donors (Lipinski definition) is 1. The van der Waals surface area contributed by atoms with Crippen LogP contribution in [0.15, 0.2) is 36.8 Å². The summed E-state index contributed by atoms with van der Waals surface area (Å²) in [6.45, 7) is 0.360. The van der Waals surface area contributed by atoms with Crippen LogP contribution in [-0.4, -0.2) is 38.6 Å². The summed E-state index contributed by atoms with van der Waals surface area (Å²) in [6.07, 6.45) is 3.76. The van der Waals surface area contributed by atoms with Crippen LogP contribution in [0.25, 0.3) is 11.3 Å². The number of nitrogens with zero attached hydrogens (tertiary/aromatic N) is 3. The number of benzene rings is 1. The molecule has 0 aliphatic carbocycles. The third-order valence-corrected chi connectivity index (χ3v) is 4.40. The van der Waals surface area contributed by atoms with Gasteiger partial charge in [-0.2, -0.15) is 0 Å². The van der Waals surface area contributed by atoms with Crippen LogP contribution in [0.2, 0.25) is 0 Å². The molecule has 24 heavy (non-hydrogen) atoms. The van der Waals surface area contributed by atoms with Crippen LogP contribution in [0.4, 0.5) is 0 Å². The Morgan fingerprint density at radius 3 is 2.79 bits per heavy atom. The van der Waals surface area contributed by atoms with Crippen LogP contribution >= 0.6 is 0 Å². The van der Waals surface area contributed by atoms with Gasteiger partial charge in [0, 0.05) is 30.3 Å². The van der Waals surface area contributed by atoms with Gasteiger partial charge in [0.1, 0.15) is 12.4 Å². The lowest BCUT2D eigenvalue weighted by atomic mass is 10.0. The van der Waals surface area contributed by atoms with Crippen LogP contribution in [0, 0.1) is 0 Å². The molecule has 1 fully saturated rings. The van der Waals surface area contributed by atoms with Gasteiger partial charge >= 0.3 is 0 Å². The van der Waals surface area contributed by atoms with E-state index in [0.29, 0.717) is 18.5 Å². The fraction of sp³-hybridized carbons (Fsp3) is 0.235. The Morgan fingerprint density at radius 1 is 1.17 bits per heavy atom. The highest BCUT2D eigenvalue weighted by molar-refractivity contribution is 6.05. The van der Waals surface area contributed by atoms with E-state index in [2.05, 4.69) is 15.3 Å². The SMILES string of the molecule is O=C1CCC(N2Cc3cc(-c4ccncn4)ccc3C2=O)C(=O)N1. The zero-order valence-electron chi connectivity index (χ0n) is 12.7. The molecule has 0 saturated carbocycles. The summed E-state index contributed by atoms with van der Waals surface area (Å²) < 4.78 is 0. The second-order valence-corrected chi connectivity index (χ2v) is 5.87. The Balaban J connectivity index is 1.63.